The highest BCUT2D eigenvalue weighted by Gasteiger charge is 1.93. The second kappa shape index (κ2) is 3.71. The number of aryl methyl sites for hydroxylation is 1. The number of hydrogen-bond donors (Lipinski definition) is 0. The summed E-state index contributed by atoms with van der Waals surface area (Å²) in [7, 11) is 0. The summed E-state index contributed by atoms with van der Waals surface area (Å²) in [5.74, 6) is 0. The Balaban J connectivity index is 2.42. The summed E-state index contributed by atoms with van der Waals surface area (Å²) in [5, 5.41) is 7.67. The van der Waals surface area contributed by atoms with Crippen molar-refractivity contribution in [2.24, 2.45) is 0 Å². The quantitative estimate of drug-likeness (QED) is 0.751. The Morgan fingerprint density at radius 1 is 1.70 bits per heavy atom. The molecular formula is C6H10BrN3. The Morgan fingerprint density at radius 2 is 2.50 bits per heavy atom. The van der Waals surface area contributed by atoms with E-state index in [0.717, 1.165) is 17.6 Å². The summed E-state index contributed by atoms with van der Waals surface area (Å²) in [6.07, 6.45) is 4.24. The lowest BCUT2D eigenvalue weighted by atomic mass is 10.3. The fourth-order valence-corrected chi connectivity index (χ4v) is 1.01. The number of unbranched alkanes of at least 4 members (excludes halogenated alkanes) is 1. The summed E-state index contributed by atoms with van der Waals surface area (Å²) in [6, 6.07) is 0. The van der Waals surface area contributed by atoms with Gasteiger partial charge in [0.2, 0.25) is 0 Å². The third-order valence-corrected chi connectivity index (χ3v) is 1.61. The van der Waals surface area contributed by atoms with Crippen LogP contribution < -0.4 is 0 Å². The van der Waals surface area contributed by atoms with Gasteiger partial charge in [-0.15, -0.1) is 5.10 Å². The Labute approximate surface area is 68.6 Å². The van der Waals surface area contributed by atoms with Crippen molar-refractivity contribution in [1.29, 1.82) is 0 Å². The summed E-state index contributed by atoms with van der Waals surface area (Å²) >= 11 is 3.23. The highest BCUT2D eigenvalue weighted by molar-refractivity contribution is 9.10. The van der Waals surface area contributed by atoms with Crippen molar-refractivity contribution in [3.05, 3.63) is 10.8 Å². The van der Waals surface area contributed by atoms with Crippen molar-refractivity contribution in [3.63, 3.8) is 0 Å². The molecule has 1 aromatic rings. The van der Waals surface area contributed by atoms with Crippen molar-refractivity contribution >= 4 is 15.9 Å². The number of rotatable bonds is 3. The van der Waals surface area contributed by atoms with E-state index in [2.05, 4.69) is 33.2 Å². The first kappa shape index (κ1) is 7.72. The van der Waals surface area contributed by atoms with Crippen molar-refractivity contribution in [2.75, 3.05) is 0 Å². The summed E-state index contributed by atoms with van der Waals surface area (Å²) in [4.78, 5) is 0. The molecule has 0 saturated carbocycles. The minimum atomic E-state index is 0.809. The maximum atomic E-state index is 3.87. The maximum Gasteiger partial charge on any atom is 0.148 e. The fraction of sp³-hybridized carbons (Fsp3) is 0.667. The van der Waals surface area contributed by atoms with E-state index in [4.69, 9.17) is 0 Å². The summed E-state index contributed by atoms with van der Waals surface area (Å²) in [6.45, 7) is 3.13. The number of nitrogens with zero attached hydrogens (tertiary/aromatic N) is 3. The fourth-order valence-electron chi connectivity index (χ4n) is 0.704. The second-order valence-electron chi connectivity index (χ2n) is 2.16. The van der Waals surface area contributed by atoms with Crippen LogP contribution in [-0.4, -0.2) is 15.0 Å². The molecule has 1 heterocycles. The van der Waals surface area contributed by atoms with Gasteiger partial charge in [-0.3, -0.25) is 4.68 Å². The molecule has 3 nitrogen and oxygen atoms in total. The SMILES string of the molecule is CCCCn1cc(Br)nn1. The zero-order chi connectivity index (χ0) is 7.40. The van der Waals surface area contributed by atoms with Crippen molar-refractivity contribution < 1.29 is 0 Å². The lowest BCUT2D eigenvalue weighted by molar-refractivity contribution is 0.553. The molecule has 56 valence electrons. The number of halogens is 1. The molecule has 0 amide bonds. The van der Waals surface area contributed by atoms with Crippen LogP contribution in [0.15, 0.2) is 10.8 Å². The van der Waals surface area contributed by atoms with Gasteiger partial charge in [0.25, 0.3) is 0 Å². The van der Waals surface area contributed by atoms with Crippen molar-refractivity contribution in [3.8, 4) is 0 Å². The molecule has 0 bridgehead atoms. The standard InChI is InChI=1S/C6H10BrN3/c1-2-3-4-10-5-6(7)8-9-10/h5H,2-4H2,1H3. The van der Waals surface area contributed by atoms with Gasteiger partial charge in [0.15, 0.2) is 0 Å². The Morgan fingerprint density at radius 3 is 3.00 bits per heavy atom. The molecule has 0 spiro atoms. The van der Waals surface area contributed by atoms with Gasteiger partial charge >= 0.3 is 0 Å². The molecule has 4 heteroatoms. The van der Waals surface area contributed by atoms with Crippen molar-refractivity contribution in [2.45, 2.75) is 26.3 Å². The average Bonchev–Trinajstić information content (AvgIpc) is 2.31. The van der Waals surface area contributed by atoms with Crippen LogP contribution in [0.5, 0.6) is 0 Å². The smallest absolute Gasteiger partial charge is 0.148 e. The molecule has 1 rings (SSSR count). The van der Waals surface area contributed by atoms with E-state index in [1.807, 2.05) is 10.9 Å². The van der Waals surface area contributed by atoms with Gasteiger partial charge in [-0.2, -0.15) is 0 Å². The monoisotopic (exact) mass is 203 g/mol. The van der Waals surface area contributed by atoms with Crippen LogP contribution in [0.4, 0.5) is 0 Å². The first-order valence-electron chi connectivity index (χ1n) is 3.38. The van der Waals surface area contributed by atoms with E-state index in [9.17, 15) is 0 Å². The number of hydrogen-bond acceptors (Lipinski definition) is 2. The molecule has 0 N–H and O–H groups in total. The van der Waals surface area contributed by atoms with Crippen LogP contribution >= 0.6 is 15.9 Å². The Hall–Kier alpha value is -0.380. The highest BCUT2D eigenvalue weighted by Crippen LogP contribution is 2.02. The minimum absolute atomic E-state index is 0.809. The van der Waals surface area contributed by atoms with Crippen LogP contribution in [0.2, 0.25) is 0 Å². The predicted molar refractivity (Wildman–Crippen MR) is 42.6 cm³/mol. The minimum Gasteiger partial charge on any atom is -0.251 e. The topological polar surface area (TPSA) is 30.7 Å². The van der Waals surface area contributed by atoms with Gasteiger partial charge in [-0.05, 0) is 22.4 Å². The molecule has 0 radical (unpaired) electrons. The third-order valence-electron chi connectivity index (χ3n) is 1.25. The summed E-state index contributed by atoms with van der Waals surface area (Å²) < 4.78 is 2.65. The second-order valence-corrected chi connectivity index (χ2v) is 2.97. The van der Waals surface area contributed by atoms with Gasteiger partial charge in [0.1, 0.15) is 4.60 Å². The average molecular weight is 204 g/mol. The molecule has 10 heavy (non-hydrogen) atoms. The van der Waals surface area contributed by atoms with E-state index in [1.165, 1.54) is 6.42 Å². The lowest BCUT2D eigenvalue weighted by Crippen LogP contribution is -1.97. The van der Waals surface area contributed by atoms with Gasteiger partial charge < -0.3 is 0 Å². The number of aromatic nitrogens is 3. The van der Waals surface area contributed by atoms with Gasteiger partial charge in [0, 0.05) is 6.54 Å². The van der Waals surface area contributed by atoms with Gasteiger partial charge in [0.05, 0.1) is 6.20 Å². The molecule has 0 aliphatic carbocycles. The van der Waals surface area contributed by atoms with E-state index in [1.54, 1.807) is 0 Å². The van der Waals surface area contributed by atoms with Crippen LogP contribution in [-0.2, 0) is 6.54 Å². The van der Waals surface area contributed by atoms with E-state index < -0.39 is 0 Å². The zero-order valence-corrected chi connectivity index (χ0v) is 7.50. The third kappa shape index (κ3) is 2.10. The molecule has 0 fully saturated rings. The first-order chi connectivity index (χ1) is 4.83. The Kier molecular flexibility index (Phi) is 2.86. The molecule has 0 aromatic carbocycles. The predicted octanol–water partition coefficient (Wildman–Crippen LogP) is 1.84. The van der Waals surface area contributed by atoms with Gasteiger partial charge in [-0.1, -0.05) is 18.6 Å². The molecule has 0 unspecified atom stereocenters. The van der Waals surface area contributed by atoms with Crippen LogP contribution in [0.1, 0.15) is 19.8 Å². The van der Waals surface area contributed by atoms with Crippen LogP contribution in [0, 0.1) is 0 Å². The molecule has 0 aliphatic rings. The molecule has 1 aromatic heterocycles. The van der Waals surface area contributed by atoms with Gasteiger partial charge in [-0.25, -0.2) is 0 Å². The van der Waals surface area contributed by atoms with Crippen molar-refractivity contribution in [1.82, 2.24) is 15.0 Å². The molecular weight excluding hydrogens is 194 g/mol. The zero-order valence-electron chi connectivity index (χ0n) is 5.92. The normalized spacial score (nSPS) is 10.2. The van der Waals surface area contributed by atoms with E-state index in [-0.39, 0.29) is 0 Å². The molecule has 0 saturated heterocycles. The summed E-state index contributed by atoms with van der Waals surface area (Å²) in [5.41, 5.74) is 0. The highest BCUT2D eigenvalue weighted by atomic mass is 79.9. The Bertz CT molecular complexity index is 197. The molecule has 0 atom stereocenters. The van der Waals surface area contributed by atoms with Crippen LogP contribution in [0.3, 0.4) is 0 Å². The van der Waals surface area contributed by atoms with E-state index in [0.29, 0.717) is 0 Å². The molecule has 0 aliphatic heterocycles. The van der Waals surface area contributed by atoms with Crippen LogP contribution in [0.25, 0.3) is 0 Å². The maximum absolute atomic E-state index is 3.87. The lowest BCUT2D eigenvalue weighted by Gasteiger charge is -1.94. The largest absolute Gasteiger partial charge is 0.251 e. The van der Waals surface area contributed by atoms with E-state index >= 15 is 0 Å². The first-order valence-corrected chi connectivity index (χ1v) is 4.18.